The molecule has 0 spiro atoms. The predicted molar refractivity (Wildman–Crippen MR) is 104 cm³/mol. The highest BCUT2D eigenvalue weighted by atomic mass is 35.5. The van der Waals surface area contributed by atoms with Gasteiger partial charge in [-0.2, -0.15) is 13.2 Å². The van der Waals surface area contributed by atoms with Crippen molar-refractivity contribution in [2.45, 2.75) is 19.0 Å². The van der Waals surface area contributed by atoms with E-state index in [4.69, 9.17) is 23.2 Å². The van der Waals surface area contributed by atoms with Crippen molar-refractivity contribution >= 4 is 34.8 Å². The maximum absolute atomic E-state index is 12.1. The van der Waals surface area contributed by atoms with Gasteiger partial charge in [-0.15, -0.1) is 0 Å². The lowest BCUT2D eigenvalue weighted by molar-refractivity contribution is -0.174. The van der Waals surface area contributed by atoms with Crippen LogP contribution in [-0.2, 0) is 9.53 Å². The van der Waals surface area contributed by atoms with Crippen LogP contribution in [0.25, 0.3) is 0 Å². The van der Waals surface area contributed by atoms with Crippen molar-refractivity contribution in [3.05, 3.63) is 28.2 Å². The van der Waals surface area contributed by atoms with Crippen molar-refractivity contribution in [2.75, 3.05) is 57.8 Å². The largest absolute Gasteiger partial charge is 0.411 e. The fourth-order valence-corrected chi connectivity index (χ4v) is 3.39. The zero-order chi connectivity index (χ0) is 20.6. The third kappa shape index (κ3) is 8.53. The second-order valence-electron chi connectivity index (χ2n) is 6.60. The van der Waals surface area contributed by atoms with Gasteiger partial charge in [0.15, 0.2) is 0 Å². The van der Waals surface area contributed by atoms with Crippen LogP contribution in [0.3, 0.4) is 0 Å². The molecular weight excluding hydrogens is 418 g/mol. The van der Waals surface area contributed by atoms with E-state index in [1.54, 1.807) is 18.2 Å². The minimum Gasteiger partial charge on any atom is -0.372 e. The number of piperazine rings is 1. The summed E-state index contributed by atoms with van der Waals surface area (Å²) in [6.45, 7) is 3.49. The molecule has 2 rings (SSSR count). The van der Waals surface area contributed by atoms with E-state index < -0.39 is 12.8 Å². The molecule has 0 atom stereocenters. The van der Waals surface area contributed by atoms with Crippen LogP contribution >= 0.6 is 23.2 Å². The van der Waals surface area contributed by atoms with Crippen molar-refractivity contribution in [2.24, 2.45) is 0 Å². The Balaban J connectivity index is 1.59. The monoisotopic (exact) mass is 441 g/mol. The molecule has 1 amide bonds. The van der Waals surface area contributed by atoms with Crippen LogP contribution in [0.15, 0.2) is 18.2 Å². The Kier molecular flexibility index (Phi) is 9.30. The second-order valence-corrected chi connectivity index (χ2v) is 7.41. The predicted octanol–water partition coefficient (Wildman–Crippen LogP) is 3.91. The molecule has 0 unspecified atom stereocenters. The quantitative estimate of drug-likeness (QED) is 0.590. The molecule has 1 fully saturated rings. The summed E-state index contributed by atoms with van der Waals surface area (Å²) in [5.41, 5.74) is 0.424. The molecule has 1 heterocycles. The molecule has 5 nitrogen and oxygen atoms in total. The Bertz CT molecular complexity index is 619. The Labute approximate surface area is 172 Å². The lowest BCUT2D eigenvalue weighted by Crippen LogP contribution is -2.47. The van der Waals surface area contributed by atoms with E-state index in [1.807, 2.05) is 0 Å². The Morgan fingerprint density at radius 2 is 1.64 bits per heavy atom. The topological polar surface area (TPSA) is 44.8 Å². The van der Waals surface area contributed by atoms with Gasteiger partial charge in [0.05, 0.1) is 15.7 Å². The van der Waals surface area contributed by atoms with Gasteiger partial charge in [0.1, 0.15) is 6.61 Å². The van der Waals surface area contributed by atoms with E-state index in [-0.39, 0.29) is 12.5 Å². The van der Waals surface area contributed by atoms with E-state index in [0.29, 0.717) is 41.7 Å². The number of anilines is 1. The molecule has 1 aromatic rings. The number of carbonyl (C=O) groups excluding carboxylic acids is 1. The molecular formula is C18H24Cl2F3N3O2. The number of halogens is 5. The van der Waals surface area contributed by atoms with E-state index >= 15 is 0 Å². The zero-order valence-electron chi connectivity index (χ0n) is 15.4. The van der Waals surface area contributed by atoms with Crippen molar-refractivity contribution in [3.8, 4) is 0 Å². The first-order valence-electron chi connectivity index (χ1n) is 9.07. The van der Waals surface area contributed by atoms with E-state index in [9.17, 15) is 18.0 Å². The fraction of sp³-hybridized carbons (Fsp3) is 0.611. The van der Waals surface area contributed by atoms with E-state index in [0.717, 1.165) is 26.2 Å². The van der Waals surface area contributed by atoms with Crippen LogP contribution < -0.4 is 5.32 Å². The van der Waals surface area contributed by atoms with Crippen molar-refractivity contribution in [1.29, 1.82) is 0 Å². The summed E-state index contributed by atoms with van der Waals surface area (Å²) in [6.07, 6.45) is -3.38. The Morgan fingerprint density at radius 1 is 1.07 bits per heavy atom. The molecule has 28 heavy (non-hydrogen) atoms. The van der Waals surface area contributed by atoms with Crippen LogP contribution in [0.2, 0.25) is 10.0 Å². The highest BCUT2D eigenvalue weighted by molar-refractivity contribution is 6.39. The van der Waals surface area contributed by atoms with Gasteiger partial charge in [-0.25, -0.2) is 0 Å². The van der Waals surface area contributed by atoms with Crippen molar-refractivity contribution < 1.29 is 22.7 Å². The number of rotatable bonds is 9. The smallest absolute Gasteiger partial charge is 0.372 e. The first-order valence-corrected chi connectivity index (χ1v) is 9.83. The molecule has 1 aliphatic heterocycles. The number of para-hydroxylation sites is 1. The maximum Gasteiger partial charge on any atom is 0.411 e. The number of nitrogens with one attached hydrogen (secondary N) is 1. The molecule has 0 aliphatic carbocycles. The van der Waals surface area contributed by atoms with Crippen LogP contribution in [-0.4, -0.2) is 74.4 Å². The summed E-state index contributed by atoms with van der Waals surface area (Å²) in [6, 6.07) is 5.04. The SMILES string of the molecule is O=C(CCN1CCN(CCCOCC(F)(F)F)CC1)Nc1c(Cl)cccc1Cl. The number of hydrogen-bond acceptors (Lipinski definition) is 4. The van der Waals surface area contributed by atoms with Crippen LogP contribution in [0.5, 0.6) is 0 Å². The van der Waals surface area contributed by atoms with Gasteiger partial charge in [-0.3, -0.25) is 4.79 Å². The van der Waals surface area contributed by atoms with Gasteiger partial charge < -0.3 is 19.9 Å². The van der Waals surface area contributed by atoms with Crippen LogP contribution in [0.4, 0.5) is 18.9 Å². The lowest BCUT2D eigenvalue weighted by atomic mass is 10.2. The van der Waals surface area contributed by atoms with Gasteiger partial charge in [-0.05, 0) is 18.6 Å². The molecule has 10 heteroatoms. The van der Waals surface area contributed by atoms with Gasteiger partial charge in [0.2, 0.25) is 5.91 Å². The molecule has 0 aromatic heterocycles. The summed E-state index contributed by atoms with van der Waals surface area (Å²) in [5.74, 6) is -0.153. The number of hydrogen-bond donors (Lipinski definition) is 1. The highest BCUT2D eigenvalue weighted by Gasteiger charge is 2.27. The third-order valence-corrected chi connectivity index (χ3v) is 5.01. The summed E-state index contributed by atoms with van der Waals surface area (Å²) in [4.78, 5) is 16.5. The van der Waals surface area contributed by atoms with Gasteiger partial charge in [-0.1, -0.05) is 29.3 Å². The molecule has 1 aromatic carbocycles. The number of amides is 1. The summed E-state index contributed by atoms with van der Waals surface area (Å²) < 4.78 is 40.6. The van der Waals surface area contributed by atoms with Gasteiger partial charge in [0, 0.05) is 52.3 Å². The number of nitrogens with zero attached hydrogens (tertiary/aromatic N) is 2. The fourth-order valence-electron chi connectivity index (χ4n) is 2.89. The number of alkyl halides is 3. The first kappa shape index (κ1) is 23.2. The summed E-state index contributed by atoms with van der Waals surface area (Å²) in [7, 11) is 0. The minimum atomic E-state index is -4.27. The molecule has 158 valence electrons. The number of benzene rings is 1. The second kappa shape index (κ2) is 11.2. The Hall–Kier alpha value is -1.06. The third-order valence-electron chi connectivity index (χ3n) is 4.38. The number of carbonyl (C=O) groups is 1. The summed E-state index contributed by atoms with van der Waals surface area (Å²) in [5, 5.41) is 3.54. The summed E-state index contributed by atoms with van der Waals surface area (Å²) >= 11 is 12.1. The zero-order valence-corrected chi connectivity index (χ0v) is 16.9. The van der Waals surface area contributed by atoms with E-state index in [1.165, 1.54) is 0 Å². The normalized spacial score (nSPS) is 16.3. The van der Waals surface area contributed by atoms with Crippen molar-refractivity contribution in [1.82, 2.24) is 9.80 Å². The molecule has 1 aliphatic rings. The lowest BCUT2D eigenvalue weighted by Gasteiger charge is -2.34. The van der Waals surface area contributed by atoms with Gasteiger partial charge >= 0.3 is 6.18 Å². The molecule has 1 saturated heterocycles. The average molecular weight is 442 g/mol. The maximum atomic E-state index is 12.1. The van der Waals surface area contributed by atoms with Crippen LogP contribution in [0, 0.1) is 0 Å². The number of ether oxygens (including phenoxy) is 1. The van der Waals surface area contributed by atoms with Gasteiger partial charge in [0.25, 0.3) is 0 Å². The minimum absolute atomic E-state index is 0.102. The standard InChI is InChI=1S/C18H24Cl2F3N3O2/c19-14-3-1-4-15(20)17(14)24-16(27)5-7-26-10-8-25(9-11-26)6-2-12-28-13-18(21,22)23/h1,3-4H,2,5-13H2,(H,24,27). The van der Waals surface area contributed by atoms with Crippen LogP contribution in [0.1, 0.15) is 12.8 Å². The average Bonchev–Trinajstić information content (AvgIpc) is 2.63. The Morgan fingerprint density at radius 3 is 2.21 bits per heavy atom. The molecule has 0 saturated carbocycles. The molecule has 0 radical (unpaired) electrons. The first-order chi connectivity index (χ1) is 13.2. The van der Waals surface area contributed by atoms with E-state index in [2.05, 4.69) is 19.9 Å². The van der Waals surface area contributed by atoms with Crippen molar-refractivity contribution in [3.63, 3.8) is 0 Å². The molecule has 1 N–H and O–H groups in total. The highest BCUT2D eigenvalue weighted by Crippen LogP contribution is 2.29. The molecule has 0 bridgehead atoms.